The smallest absolute Gasteiger partial charge is 0.257 e. The minimum Gasteiger partial charge on any atom is -0.492 e. The maximum atomic E-state index is 12.5. The molecule has 0 aliphatic rings. The van der Waals surface area contributed by atoms with Gasteiger partial charge in [0.15, 0.2) is 0 Å². The van der Waals surface area contributed by atoms with E-state index < -0.39 is 0 Å². The van der Waals surface area contributed by atoms with E-state index in [0.29, 0.717) is 28.9 Å². The molecule has 0 bridgehead atoms. The number of amides is 2. The Morgan fingerprint density at radius 2 is 1.77 bits per heavy atom. The van der Waals surface area contributed by atoms with Gasteiger partial charge in [0, 0.05) is 28.2 Å². The van der Waals surface area contributed by atoms with Gasteiger partial charge in [0.05, 0.1) is 19.2 Å². The first-order valence-electron chi connectivity index (χ1n) is 12.3. The Labute approximate surface area is 229 Å². The Balaban J connectivity index is 1.16. The van der Waals surface area contributed by atoms with E-state index in [-0.39, 0.29) is 18.2 Å². The predicted octanol–water partition coefficient (Wildman–Crippen LogP) is 4.83. The Morgan fingerprint density at radius 3 is 2.62 bits per heavy atom. The number of nitrogens with one attached hydrogen (secondary N) is 2. The fourth-order valence-corrected chi connectivity index (χ4v) is 4.79. The van der Waals surface area contributed by atoms with Crippen LogP contribution >= 0.6 is 11.3 Å². The van der Waals surface area contributed by atoms with Gasteiger partial charge in [0.2, 0.25) is 11.0 Å². The Bertz CT molecular complexity index is 1630. The highest BCUT2D eigenvalue weighted by Crippen LogP contribution is 2.21. The second kappa shape index (κ2) is 12.1. The molecule has 0 aliphatic heterocycles. The van der Waals surface area contributed by atoms with Crippen molar-refractivity contribution in [3.8, 4) is 5.75 Å². The molecule has 10 heteroatoms. The van der Waals surface area contributed by atoms with Crippen LogP contribution in [-0.4, -0.2) is 39.4 Å². The average molecular weight is 539 g/mol. The van der Waals surface area contributed by atoms with Gasteiger partial charge in [0.1, 0.15) is 17.4 Å². The molecule has 5 rings (SSSR count). The maximum Gasteiger partial charge on any atom is 0.257 e. The summed E-state index contributed by atoms with van der Waals surface area (Å²) in [5.74, 6) is 0.226. The average Bonchev–Trinajstić information content (AvgIpc) is 3.53. The van der Waals surface area contributed by atoms with Crippen molar-refractivity contribution in [1.82, 2.24) is 20.2 Å². The van der Waals surface area contributed by atoms with Gasteiger partial charge in [-0.15, -0.1) is 10.2 Å². The number of ether oxygens (including phenoxy) is 1. The summed E-state index contributed by atoms with van der Waals surface area (Å²) in [6, 6.07) is 25.0. The van der Waals surface area contributed by atoms with Crippen molar-refractivity contribution in [2.45, 2.75) is 19.9 Å². The minimum absolute atomic E-state index is 0.00612. The SMILES string of the molecule is Cc1ccccc1C(=O)Nc1nnc(CC(=O)N/N=C\c2cn(CCOc3ccccc3)c3ccccc23)s1. The molecule has 3 aromatic carbocycles. The fraction of sp³-hybridized carbons (Fsp3) is 0.138. The van der Waals surface area contributed by atoms with Crippen LogP contribution in [0.15, 0.2) is 90.2 Å². The van der Waals surface area contributed by atoms with E-state index in [1.807, 2.05) is 79.9 Å². The molecule has 5 aromatic rings. The van der Waals surface area contributed by atoms with Crippen LogP contribution in [-0.2, 0) is 17.8 Å². The molecule has 0 saturated heterocycles. The number of fused-ring (bicyclic) bond motifs is 1. The van der Waals surface area contributed by atoms with Crippen LogP contribution in [0.2, 0.25) is 0 Å². The number of anilines is 1. The molecule has 9 nitrogen and oxygen atoms in total. The molecular formula is C29H26N6O3S. The zero-order valence-corrected chi connectivity index (χ0v) is 22.0. The molecular weight excluding hydrogens is 512 g/mol. The normalized spacial score (nSPS) is 11.1. The van der Waals surface area contributed by atoms with Crippen molar-refractivity contribution < 1.29 is 14.3 Å². The lowest BCUT2D eigenvalue weighted by Crippen LogP contribution is -2.19. The van der Waals surface area contributed by atoms with Crippen LogP contribution in [0.1, 0.15) is 26.5 Å². The van der Waals surface area contributed by atoms with Gasteiger partial charge in [-0.1, -0.05) is 65.9 Å². The van der Waals surface area contributed by atoms with Crippen LogP contribution in [0.4, 0.5) is 5.13 Å². The number of aryl methyl sites for hydroxylation is 1. The Hall–Kier alpha value is -4.83. The zero-order chi connectivity index (χ0) is 27.0. The molecule has 2 aromatic heterocycles. The summed E-state index contributed by atoms with van der Waals surface area (Å²) in [7, 11) is 0. The molecule has 0 atom stereocenters. The summed E-state index contributed by atoms with van der Waals surface area (Å²) < 4.78 is 7.95. The van der Waals surface area contributed by atoms with Crippen LogP contribution in [0, 0.1) is 6.92 Å². The van der Waals surface area contributed by atoms with Gasteiger partial charge in [0.25, 0.3) is 5.91 Å². The number of aromatic nitrogens is 3. The number of hydrazone groups is 1. The quantitative estimate of drug-likeness (QED) is 0.196. The first-order valence-corrected chi connectivity index (χ1v) is 13.2. The highest BCUT2D eigenvalue weighted by atomic mass is 32.1. The second-order valence-corrected chi connectivity index (χ2v) is 9.76. The number of hydrogen-bond donors (Lipinski definition) is 2. The predicted molar refractivity (Wildman–Crippen MR) is 152 cm³/mol. The number of nitrogens with zero attached hydrogens (tertiary/aromatic N) is 4. The maximum absolute atomic E-state index is 12.5. The molecule has 2 amide bonds. The van der Waals surface area contributed by atoms with Crippen molar-refractivity contribution in [2.75, 3.05) is 11.9 Å². The number of benzene rings is 3. The topological polar surface area (TPSA) is 111 Å². The molecule has 0 spiro atoms. The molecule has 0 saturated carbocycles. The van der Waals surface area contributed by atoms with E-state index in [4.69, 9.17) is 4.74 Å². The van der Waals surface area contributed by atoms with Crippen molar-refractivity contribution in [3.63, 3.8) is 0 Å². The van der Waals surface area contributed by atoms with Crippen LogP contribution in [0.3, 0.4) is 0 Å². The number of para-hydroxylation sites is 2. The molecule has 2 N–H and O–H groups in total. The summed E-state index contributed by atoms with van der Waals surface area (Å²) in [5, 5.41) is 16.7. The van der Waals surface area contributed by atoms with Crippen molar-refractivity contribution in [2.24, 2.45) is 5.10 Å². The van der Waals surface area contributed by atoms with E-state index in [2.05, 4.69) is 30.6 Å². The van der Waals surface area contributed by atoms with Crippen molar-refractivity contribution >= 4 is 45.4 Å². The minimum atomic E-state index is -0.334. The third-order valence-corrected chi connectivity index (χ3v) is 6.78. The molecule has 0 radical (unpaired) electrons. The van der Waals surface area contributed by atoms with Gasteiger partial charge in [-0.25, -0.2) is 5.43 Å². The van der Waals surface area contributed by atoms with E-state index in [9.17, 15) is 9.59 Å². The summed E-state index contributed by atoms with van der Waals surface area (Å²) in [6.07, 6.45) is 3.61. The molecule has 0 fully saturated rings. The van der Waals surface area contributed by atoms with E-state index >= 15 is 0 Å². The van der Waals surface area contributed by atoms with Crippen LogP contribution in [0.5, 0.6) is 5.75 Å². The summed E-state index contributed by atoms with van der Waals surface area (Å²) in [6.45, 7) is 3.05. The summed E-state index contributed by atoms with van der Waals surface area (Å²) in [5.41, 5.74) is 5.90. The Kier molecular flexibility index (Phi) is 8.03. The van der Waals surface area contributed by atoms with E-state index in [1.165, 1.54) is 0 Å². The van der Waals surface area contributed by atoms with Crippen LogP contribution in [0.25, 0.3) is 10.9 Å². The first-order chi connectivity index (χ1) is 19.1. The number of carbonyl (C=O) groups is 2. The summed E-state index contributed by atoms with van der Waals surface area (Å²) in [4.78, 5) is 24.9. The fourth-order valence-electron chi connectivity index (χ4n) is 4.06. The van der Waals surface area contributed by atoms with Gasteiger partial charge < -0.3 is 9.30 Å². The standard InChI is InChI=1S/C29H26N6O3S/c1-20-9-5-6-12-23(20)28(37)31-29-34-33-27(39-29)17-26(36)32-30-18-21-19-35(25-14-8-7-13-24(21)25)15-16-38-22-10-3-2-4-11-22/h2-14,18-19H,15-17H2,1H3,(H,32,36)(H,31,34,37)/b30-18-. The van der Waals surface area contributed by atoms with Gasteiger partial charge in [-0.3, -0.25) is 14.9 Å². The second-order valence-electron chi connectivity index (χ2n) is 8.70. The van der Waals surface area contributed by atoms with E-state index in [1.54, 1.807) is 18.3 Å². The monoisotopic (exact) mass is 538 g/mol. The first kappa shape index (κ1) is 25.8. The number of hydrogen-bond acceptors (Lipinski definition) is 7. The lowest BCUT2D eigenvalue weighted by atomic mass is 10.1. The zero-order valence-electron chi connectivity index (χ0n) is 21.2. The summed E-state index contributed by atoms with van der Waals surface area (Å²) >= 11 is 1.15. The van der Waals surface area contributed by atoms with Crippen molar-refractivity contribution in [1.29, 1.82) is 0 Å². The van der Waals surface area contributed by atoms with Gasteiger partial charge in [-0.2, -0.15) is 5.10 Å². The highest BCUT2D eigenvalue weighted by Gasteiger charge is 2.14. The van der Waals surface area contributed by atoms with Crippen molar-refractivity contribution in [3.05, 3.63) is 107 Å². The number of rotatable bonds is 10. The lowest BCUT2D eigenvalue weighted by Gasteiger charge is -2.08. The molecule has 39 heavy (non-hydrogen) atoms. The van der Waals surface area contributed by atoms with E-state index in [0.717, 1.165) is 39.1 Å². The third-order valence-electron chi connectivity index (χ3n) is 5.95. The molecule has 196 valence electrons. The van der Waals surface area contributed by atoms with Gasteiger partial charge >= 0.3 is 0 Å². The Morgan fingerprint density at radius 1 is 1.00 bits per heavy atom. The number of carbonyl (C=O) groups excluding carboxylic acids is 2. The third kappa shape index (κ3) is 6.55. The molecule has 2 heterocycles. The highest BCUT2D eigenvalue weighted by molar-refractivity contribution is 7.15. The lowest BCUT2D eigenvalue weighted by molar-refractivity contribution is -0.120. The van der Waals surface area contributed by atoms with Crippen LogP contribution < -0.4 is 15.5 Å². The largest absolute Gasteiger partial charge is 0.492 e. The van der Waals surface area contributed by atoms with Gasteiger partial charge in [-0.05, 0) is 36.8 Å². The molecule has 0 unspecified atom stereocenters. The molecule has 0 aliphatic carbocycles.